The van der Waals surface area contributed by atoms with E-state index in [0.29, 0.717) is 6.54 Å². The highest BCUT2D eigenvalue weighted by Crippen LogP contribution is 2.30. The lowest BCUT2D eigenvalue weighted by atomic mass is 10.1. The summed E-state index contributed by atoms with van der Waals surface area (Å²) in [4.78, 5) is 13.4. The van der Waals surface area contributed by atoms with Gasteiger partial charge in [0.1, 0.15) is 0 Å². The molecule has 1 heterocycles. The van der Waals surface area contributed by atoms with Crippen LogP contribution in [0.3, 0.4) is 0 Å². The van der Waals surface area contributed by atoms with Gasteiger partial charge >= 0.3 is 0 Å². The van der Waals surface area contributed by atoms with Gasteiger partial charge in [0.15, 0.2) is 0 Å². The molecule has 0 bridgehead atoms. The second-order valence-electron chi connectivity index (χ2n) is 3.45. The van der Waals surface area contributed by atoms with Gasteiger partial charge in [-0.3, -0.25) is 4.79 Å². The Morgan fingerprint density at radius 2 is 2.06 bits per heavy atom. The maximum Gasteiger partial charge on any atom is 0.207 e. The Morgan fingerprint density at radius 3 is 2.81 bits per heavy atom. The average Bonchev–Trinajstić information content (AvgIpc) is 2.63. The Hall–Kier alpha value is -0.810. The van der Waals surface area contributed by atoms with Crippen LogP contribution in [-0.2, 0) is 11.2 Å². The highest BCUT2D eigenvalue weighted by molar-refractivity contribution is 9.13. The first-order valence-corrected chi connectivity index (χ1v) is 6.43. The SMILES string of the molecule is O=CNCCc1c[nH]c2cc(Br)c(Br)cc12. The Kier molecular flexibility index (Phi) is 3.66. The van der Waals surface area contributed by atoms with Crippen LogP contribution < -0.4 is 5.32 Å². The van der Waals surface area contributed by atoms with Crippen molar-refractivity contribution in [2.24, 2.45) is 0 Å². The topological polar surface area (TPSA) is 44.9 Å². The Bertz CT molecular complexity index is 522. The summed E-state index contributed by atoms with van der Waals surface area (Å²) < 4.78 is 2.06. The number of hydrogen-bond donors (Lipinski definition) is 2. The number of carbonyl (C=O) groups excluding carboxylic acids is 1. The number of amides is 1. The van der Waals surface area contributed by atoms with Gasteiger partial charge in [0.05, 0.1) is 0 Å². The van der Waals surface area contributed by atoms with Crippen LogP contribution in [0.2, 0.25) is 0 Å². The molecule has 1 aromatic carbocycles. The summed E-state index contributed by atoms with van der Waals surface area (Å²) in [6.07, 6.45) is 3.53. The second-order valence-corrected chi connectivity index (χ2v) is 5.16. The number of carbonyl (C=O) groups is 1. The van der Waals surface area contributed by atoms with Gasteiger partial charge in [-0.05, 0) is 56.0 Å². The van der Waals surface area contributed by atoms with E-state index in [2.05, 4.69) is 48.2 Å². The van der Waals surface area contributed by atoms with E-state index in [9.17, 15) is 4.79 Å². The summed E-state index contributed by atoms with van der Waals surface area (Å²) in [6.45, 7) is 0.657. The molecule has 0 aliphatic carbocycles. The summed E-state index contributed by atoms with van der Waals surface area (Å²) in [5, 5.41) is 3.84. The molecule has 0 fully saturated rings. The average molecular weight is 346 g/mol. The van der Waals surface area contributed by atoms with Gasteiger partial charge in [-0.15, -0.1) is 0 Å². The van der Waals surface area contributed by atoms with Gasteiger partial charge in [-0.25, -0.2) is 0 Å². The summed E-state index contributed by atoms with van der Waals surface area (Å²) in [5.74, 6) is 0. The standard InChI is InChI=1S/C11H10Br2N2O/c12-9-3-8-7(1-2-14-6-16)5-15-11(8)4-10(9)13/h3-6,15H,1-2H2,(H,14,16). The lowest BCUT2D eigenvalue weighted by Gasteiger charge is -2.00. The van der Waals surface area contributed by atoms with Crippen molar-refractivity contribution in [3.63, 3.8) is 0 Å². The molecular weight excluding hydrogens is 336 g/mol. The van der Waals surface area contributed by atoms with Crippen LogP contribution >= 0.6 is 31.9 Å². The van der Waals surface area contributed by atoms with E-state index >= 15 is 0 Å². The second kappa shape index (κ2) is 5.01. The van der Waals surface area contributed by atoms with Crippen molar-refractivity contribution in [3.8, 4) is 0 Å². The zero-order chi connectivity index (χ0) is 11.5. The predicted molar refractivity (Wildman–Crippen MR) is 71.5 cm³/mol. The summed E-state index contributed by atoms with van der Waals surface area (Å²) in [5.41, 5.74) is 2.30. The van der Waals surface area contributed by atoms with E-state index in [1.165, 1.54) is 10.9 Å². The zero-order valence-corrected chi connectivity index (χ0v) is 11.6. The molecule has 0 aliphatic rings. The van der Waals surface area contributed by atoms with E-state index in [1.807, 2.05) is 12.3 Å². The Balaban J connectivity index is 2.32. The number of benzene rings is 1. The number of fused-ring (bicyclic) bond motifs is 1. The molecule has 0 saturated carbocycles. The zero-order valence-electron chi connectivity index (χ0n) is 8.39. The predicted octanol–water partition coefficient (Wildman–Crippen LogP) is 2.98. The number of rotatable bonds is 4. The first-order valence-electron chi connectivity index (χ1n) is 4.84. The minimum atomic E-state index is 0.657. The highest BCUT2D eigenvalue weighted by Gasteiger charge is 2.06. The quantitative estimate of drug-likeness (QED) is 0.649. The van der Waals surface area contributed by atoms with E-state index < -0.39 is 0 Å². The molecule has 2 N–H and O–H groups in total. The van der Waals surface area contributed by atoms with Gasteiger partial charge in [0.25, 0.3) is 0 Å². The third kappa shape index (κ3) is 2.30. The van der Waals surface area contributed by atoms with E-state index in [-0.39, 0.29) is 0 Å². The van der Waals surface area contributed by atoms with Crippen LogP contribution in [-0.4, -0.2) is 17.9 Å². The molecule has 0 unspecified atom stereocenters. The fraction of sp³-hybridized carbons (Fsp3) is 0.182. The highest BCUT2D eigenvalue weighted by atomic mass is 79.9. The van der Waals surface area contributed by atoms with E-state index in [1.54, 1.807) is 0 Å². The van der Waals surface area contributed by atoms with Crippen molar-refractivity contribution >= 4 is 49.2 Å². The summed E-state index contributed by atoms with van der Waals surface area (Å²) >= 11 is 6.95. The molecular formula is C11H10Br2N2O. The molecule has 1 aromatic heterocycles. The van der Waals surface area contributed by atoms with Gasteiger partial charge < -0.3 is 10.3 Å². The smallest absolute Gasteiger partial charge is 0.207 e. The molecule has 1 amide bonds. The van der Waals surface area contributed by atoms with Gasteiger partial charge in [0.2, 0.25) is 6.41 Å². The normalized spacial score (nSPS) is 10.6. The van der Waals surface area contributed by atoms with Gasteiger partial charge in [0, 0.05) is 32.6 Å². The molecule has 0 spiro atoms. The van der Waals surface area contributed by atoms with Crippen LogP contribution in [0.4, 0.5) is 0 Å². The number of H-pyrrole nitrogens is 1. The first kappa shape index (κ1) is 11.7. The summed E-state index contributed by atoms with van der Waals surface area (Å²) in [6, 6.07) is 4.11. The molecule has 3 nitrogen and oxygen atoms in total. The molecule has 0 radical (unpaired) electrons. The van der Waals surface area contributed by atoms with Crippen LogP contribution in [0.5, 0.6) is 0 Å². The number of aromatic nitrogens is 1. The van der Waals surface area contributed by atoms with Crippen molar-refractivity contribution < 1.29 is 4.79 Å². The van der Waals surface area contributed by atoms with Crippen LogP contribution in [0.1, 0.15) is 5.56 Å². The van der Waals surface area contributed by atoms with E-state index in [0.717, 1.165) is 27.3 Å². The Labute approximate surface area is 110 Å². The first-order chi connectivity index (χ1) is 7.72. The number of halogens is 2. The molecule has 0 saturated heterocycles. The molecule has 0 atom stereocenters. The minimum absolute atomic E-state index is 0.657. The minimum Gasteiger partial charge on any atom is -0.361 e. The maximum absolute atomic E-state index is 10.2. The van der Waals surface area contributed by atoms with Crippen LogP contribution in [0.15, 0.2) is 27.3 Å². The lowest BCUT2D eigenvalue weighted by Crippen LogP contribution is -2.14. The maximum atomic E-state index is 10.2. The van der Waals surface area contributed by atoms with Crippen molar-refractivity contribution in [2.45, 2.75) is 6.42 Å². The lowest BCUT2D eigenvalue weighted by molar-refractivity contribution is -0.109. The largest absolute Gasteiger partial charge is 0.361 e. The van der Waals surface area contributed by atoms with Crippen LogP contribution in [0.25, 0.3) is 10.9 Å². The van der Waals surface area contributed by atoms with Gasteiger partial charge in [-0.2, -0.15) is 0 Å². The van der Waals surface area contributed by atoms with Crippen molar-refractivity contribution in [1.29, 1.82) is 0 Å². The van der Waals surface area contributed by atoms with Crippen LogP contribution in [0, 0.1) is 0 Å². The van der Waals surface area contributed by atoms with Crippen molar-refractivity contribution in [1.82, 2.24) is 10.3 Å². The third-order valence-corrected chi connectivity index (χ3v) is 4.27. The molecule has 84 valence electrons. The summed E-state index contributed by atoms with van der Waals surface area (Å²) in [7, 11) is 0. The fourth-order valence-electron chi connectivity index (χ4n) is 1.65. The number of aromatic amines is 1. The molecule has 16 heavy (non-hydrogen) atoms. The molecule has 5 heteroatoms. The van der Waals surface area contributed by atoms with Crippen molar-refractivity contribution in [2.75, 3.05) is 6.54 Å². The monoisotopic (exact) mass is 344 g/mol. The molecule has 0 aliphatic heterocycles. The van der Waals surface area contributed by atoms with Crippen molar-refractivity contribution in [3.05, 3.63) is 32.8 Å². The third-order valence-electron chi connectivity index (χ3n) is 2.43. The van der Waals surface area contributed by atoms with E-state index in [4.69, 9.17) is 0 Å². The van der Waals surface area contributed by atoms with Gasteiger partial charge in [-0.1, -0.05) is 0 Å². The number of nitrogens with one attached hydrogen (secondary N) is 2. The molecule has 2 aromatic rings. The number of hydrogen-bond acceptors (Lipinski definition) is 1. The molecule has 2 rings (SSSR count). The fourth-order valence-corrected chi connectivity index (χ4v) is 2.33. The Morgan fingerprint density at radius 1 is 1.31 bits per heavy atom.